The number of rotatable bonds is 32. The Labute approximate surface area is 672 Å². The number of carbonyl (C=O) groups is 6. The minimum absolute atomic E-state index is 0.419. The van der Waals surface area contributed by atoms with E-state index in [2.05, 4.69) is 10.6 Å². The van der Waals surface area contributed by atoms with Gasteiger partial charge in [-0.15, -0.1) is 0 Å². The van der Waals surface area contributed by atoms with Gasteiger partial charge in [0.15, 0.2) is 29.7 Å². The molecular formula is C77H104N2O39. The number of nitrogens with one attached hydrogen (secondary N) is 2. The average molecular weight is 1680 g/mol. The van der Waals surface area contributed by atoms with Crippen molar-refractivity contribution in [2.75, 3.05) is 53.9 Å². The summed E-state index contributed by atoms with van der Waals surface area (Å²) in [5.74, 6) is -9.12. The number of aliphatic hydroxyl groups excluding tert-OH is 20. The number of ether oxygens (including phenoxy) is 11. The fourth-order valence-electron chi connectivity index (χ4n) is 15.2. The van der Waals surface area contributed by atoms with Crippen molar-refractivity contribution in [3.63, 3.8) is 0 Å². The van der Waals surface area contributed by atoms with Crippen molar-refractivity contribution < 1.29 is 193 Å². The first kappa shape index (κ1) is 94.4. The monoisotopic (exact) mass is 1680 g/mol. The Kier molecular flexibility index (Phi) is 33.1. The lowest BCUT2D eigenvalue weighted by Gasteiger charge is -2.50. The molecule has 1 saturated carbocycles. The van der Waals surface area contributed by atoms with Gasteiger partial charge >= 0.3 is 11.9 Å². The van der Waals surface area contributed by atoms with Crippen molar-refractivity contribution in [1.82, 2.24) is 10.6 Å². The summed E-state index contributed by atoms with van der Waals surface area (Å²) in [6, 6.07) is 19.2. The molecule has 5 aliphatic heterocycles. The van der Waals surface area contributed by atoms with Crippen LogP contribution in [0.4, 0.5) is 0 Å². The molecule has 1 aliphatic carbocycles. The second-order valence-electron chi connectivity index (χ2n) is 29.8. The van der Waals surface area contributed by atoms with Crippen LogP contribution >= 0.6 is 0 Å². The molecule has 6 fully saturated rings. The zero-order valence-corrected chi connectivity index (χ0v) is 64.1. The molecule has 24 N–H and O–H groups in total. The van der Waals surface area contributed by atoms with Crippen molar-refractivity contribution in [3.8, 4) is 11.5 Å². The van der Waals surface area contributed by atoms with Crippen LogP contribution in [0, 0.1) is 5.92 Å². The number of allylic oxidation sites excluding steroid dienone is 2. The zero-order chi connectivity index (χ0) is 86.7. The van der Waals surface area contributed by atoms with Crippen LogP contribution in [-0.4, -0.2) is 390 Å². The maximum atomic E-state index is 13.0. The highest BCUT2D eigenvalue weighted by Crippen LogP contribution is 2.43. The third kappa shape index (κ3) is 21.9. The van der Waals surface area contributed by atoms with E-state index < -0.39 is 302 Å². The number of hydrogen-bond acceptors (Lipinski definition) is 37. The van der Waals surface area contributed by atoms with E-state index in [1.807, 2.05) is 48.5 Å². The third-order valence-electron chi connectivity index (χ3n) is 21.7. The Balaban J connectivity index is 0.000000269. The van der Waals surface area contributed by atoms with Gasteiger partial charge in [0.05, 0.1) is 96.5 Å². The van der Waals surface area contributed by atoms with Gasteiger partial charge in [-0.1, -0.05) is 48.6 Å². The Morgan fingerprint density at radius 2 is 0.915 bits per heavy atom. The summed E-state index contributed by atoms with van der Waals surface area (Å²) in [5.41, 5.74) is -0.966. The van der Waals surface area contributed by atoms with Gasteiger partial charge in [-0.05, 0) is 87.6 Å². The molecule has 0 spiro atoms. The molecule has 32 atom stereocenters. The number of hydrogen-bond donors (Lipinski definition) is 24. The number of methoxy groups -OCH3 is 2. The highest BCUT2D eigenvalue weighted by molar-refractivity contribution is 5.96. The SMILES string of the molecule is COc1ccc2cc(/C=C/C(=O)C[C@@H]3O[C@H](CO)[C@@H](O[C@@H]4O[C@H](CO)[C@H](O)[C@H](O[C@]5(C(=O)O)C[C@H](O)[C@@H](NC(C)=O)[C@H]([C@H](O)[C@H](O)CO)O5)[C@H]4O)[C@H](O)[C@H]3O)ccc2c1.COc1ccc2cc(/C=C/C(=O)C[C@@H]3O[C@H](CO)[C@@H](O[C@@H]4O[C@H](CO[C@]5(C(=O)O)CC(O)[C@@H](NC(C)=O)[C@H]([C@H](O)[C@H](O)CO)C5)[C@H](O)[C@H](O)[C@H]4O)[C@H](O)[C@H]3O)ccc2c1. The van der Waals surface area contributed by atoms with Gasteiger partial charge in [0.2, 0.25) is 11.8 Å². The van der Waals surface area contributed by atoms with E-state index >= 15 is 0 Å². The minimum Gasteiger partial charge on any atom is -0.497 e. The topological polar surface area (TPSA) is 673 Å². The van der Waals surface area contributed by atoms with E-state index in [1.165, 1.54) is 12.2 Å². The van der Waals surface area contributed by atoms with Crippen LogP contribution in [0.5, 0.6) is 11.5 Å². The van der Waals surface area contributed by atoms with Crippen LogP contribution in [0.1, 0.15) is 57.1 Å². The molecule has 0 aromatic heterocycles. The number of amides is 2. The van der Waals surface area contributed by atoms with Crippen molar-refractivity contribution >= 4 is 69.0 Å². The smallest absolute Gasteiger partial charge is 0.364 e. The molecule has 41 heteroatoms. The molecule has 1 unspecified atom stereocenters. The summed E-state index contributed by atoms with van der Waals surface area (Å²) in [4.78, 5) is 75.2. The number of carboxylic acids is 2. The summed E-state index contributed by atoms with van der Waals surface area (Å²) >= 11 is 0. The molecule has 41 nitrogen and oxygen atoms in total. The first-order valence-electron chi connectivity index (χ1n) is 37.7. The quantitative estimate of drug-likeness (QED) is 0.0202. The third-order valence-corrected chi connectivity index (χ3v) is 21.7. The lowest BCUT2D eigenvalue weighted by molar-refractivity contribution is -0.381. The largest absolute Gasteiger partial charge is 0.497 e. The summed E-state index contributed by atoms with van der Waals surface area (Å²) in [5, 5.41) is 241. The molecule has 0 radical (unpaired) electrons. The first-order valence-corrected chi connectivity index (χ1v) is 37.7. The van der Waals surface area contributed by atoms with Gasteiger partial charge in [0.1, 0.15) is 134 Å². The van der Waals surface area contributed by atoms with Gasteiger partial charge in [-0.25, -0.2) is 9.59 Å². The van der Waals surface area contributed by atoms with Crippen molar-refractivity contribution in [2.45, 2.75) is 235 Å². The second kappa shape index (κ2) is 41.4. The van der Waals surface area contributed by atoms with Crippen LogP contribution < -0.4 is 20.1 Å². The molecular weight excluding hydrogens is 1580 g/mol. The fraction of sp³-hybridized carbons (Fsp3) is 0.610. The van der Waals surface area contributed by atoms with Gasteiger partial charge in [-0.2, -0.15) is 0 Å². The first-order chi connectivity index (χ1) is 55.9. The highest BCUT2D eigenvalue weighted by atomic mass is 16.8. The van der Waals surface area contributed by atoms with Crippen LogP contribution in [-0.2, 0) is 71.4 Å². The number of aliphatic carboxylic acids is 2. The maximum absolute atomic E-state index is 13.0. The predicted molar refractivity (Wildman–Crippen MR) is 397 cm³/mol. The average Bonchev–Trinajstić information content (AvgIpc) is 0.752. The summed E-state index contributed by atoms with van der Waals surface area (Å²) < 4.78 is 61.6. The number of aliphatic hydroxyl groups is 20. The van der Waals surface area contributed by atoms with E-state index in [0.717, 1.165) is 35.4 Å². The molecule has 5 heterocycles. The summed E-state index contributed by atoms with van der Waals surface area (Å²) in [7, 11) is 3.12. The molecule has 4 aromatic rings. The predicted octanol–water partition coefficient (Wildman–Crippen LogP) is -8.01. The maximum Gasteiger partial charge on any atom is 0.364 e. The molecule has 4 aromatic carbocycles. The van der Waals surface area contributed by atoms with Crippen LogP contribution in [0.15, 0.2) is 84.9 Å². The van der Waals surface area contributed by atoms with E-state index in [0.29, 0.717) is 22.6 Å². The van der Waals surface area contributed by atoms with Crippen molar-refractivity contribution in [1.29, 1.82) is 0 Å². The van der Waals surface area contributed by atoms with E-state index in [-0.39, 0.29) is 0 Å². The zero-order valence-electron chi connectivity index (χ0n) is 64.1. The Morgan fingerprint density at radius 3 is 1.37 bits per heavy atom. The molecule has 0 bridgehead atoms. The summed E-state index contributed by atoms with van der Waals surface area (Å²) in [6.45, 7) is -3.39. The van der Waals surface area contributed by atoms with E-state index in [1.54, 1.807) is 50.6 Å². The molecule has 656 valence electrons. The normalized spacial score (nSPS) is 36.2. The minimum atomic E-state index is -3.06. The van der Waals surface area contributed by atoms with Crippen molar-refractivity contribution in [3.05, 3.63) is 96.1 Å². The highest BCUT2D eigenvalue weighted by Gasteiger charge is 2.62. The van der Waals surface area contributed by atoms with Gasteiger partial charge < -0.3 is 175 Å². The second-order valence-corrected chi connectivity index (χ2v) is 29.8. The van der Waals surface area contributed by atoms with Crippen LogP contribution in [0.25, 0.3) is 33.7 Å². The summed E-state index contributed by atoms with van der Waals surface area (Å²) in [6.07, 6.45) is -46.9. The molecule has 10 rings (SSSR count). The standard InChI is InChI=1S/C39H53NO19.C38H51NO20/c1-17(43)40-29-23(30(47)25(46)14-41)12-39(38(53)54,13-24(29)45)56-16-28-32(49)33(50)35(52)37(58-28)59-36-27(15-42)57-26(31(48)34(36)51)11-21(44)7-4-18-3-5-20-10-22(55-2)8-6-19(20)9-18;1-16(43)39-27-22(45)12-38(37(52)53,58-34(27)28(47)23(46)13-40)59-35-30(49)25(14-41)56-36(32(35)51)57-33-26(15-42)55-24(29(48)31(33)50)11-20(44)7-4-17-3-5-19-10-21(54-2)8-6-18(19)9-17/h3-10,23-37,41-42,45-52H,11-16H2,1-2H3,(H,40,43)(H,53,54);3-10,22-36,40-42,45-51H,11-15H2,1-2H3,(H,39,43)(H,52,53)/b2*7-4+/t23-,24?,25-,26+,27-,28-,29+,30+,31+,32+,33+,34-,35-,36-,37+,39+;22-,23+,24-,25+,26+,27+,28+,29-,30-,31+,32+,33+,34+,35-,36-,38-/m10/s1. The lowest BCUT2D eigenvalue weighted by Crippen LogP contribution is -2.70. The van der Waals surface area contributed by atoms with Gasteiger partial charge in [0, 0.05) is 45.4 Å². The molecule has 2 amide bonds. The van der Waals surface area contributed by atoms with Crippen molar-refractivity contribution in [2.24, 2.45) is 5.92 Å². The van der Waals surface area contributed by atoms with E-state index in [9.17, 15) is 141 Å². The van der Waals surface area contributed by atoms with E-state index in [4.69, 9.17) is 52.1 Å². The molecule has 5 saturated heterocycles. The number of carboxylic acid groups (broad SMARTS) is 2. The number of fused-ring (bicyclic) bond motifs is 2. The number of benzene rings is 4. The Bertz CT molecular complexity index is 4100. The molecule has 118 heavy (non-hydrogen) atoms. The number of carbonyl (C=O) groups excluding carboxylic acids is 4. The fourth-order valence-corrected chi connectivity index (χ4v) is 15.2. The van der Waals surface area contributed by atoms with Crippen LogP contribution in [0.2, 0.25) is 0 Å². The Morgan fingerprint density at radius 1 is 0.475 bits per heavy atom. The number of ketones is 2. The lowest BCUT2D eigenvalue weighted by atomic mass is 9.70. The van der Waals surface area contributed by atoms with Gasteiger partial charge in [0.25, 0.3) is 5.79 Å². The molecule has 6 aliphatic rings. The van der Waals surface area contributed by atoms with Crippen LogP contribution in [0.3, 0.4) is 0 Å². The van der Waals surface area contributed by atoms with Gasteiger partial charge in [-0.3, -0.25) is 19.2 Å². The Hall–Kier alpha value is -7.46.